The topological polar surface area (TPSA) is 140 Å². The highest BCUT2D eigenvalue weighted by Gasteiger charge is 2.42. The van der Waals surface area contributed by atoms with E-state index in [1.165, 1.54) is 161 Å². The first-order valence-corrected chi connectivity index (χ1v) is 27.8. The first-order chi connectivity index (χ1) is 30.4. The molecule has 372 valence electrons. The summed E-state index contributed by atoms with van der Waals surface area (Å²) in [4.78, 5) is 36.4. The smallest absolute Gasteiger partial charge is 0.384 e. The highest BCUT2D eigenvalue weighted by Crippen LogP contribution is 2.50. The summed E-state index contributed by atoms with van der Waals surface area (Å²) in [5, 5.41) is 18.7. The van der Waals surface area contributed by atoms with E-state index in [-0.39, 0.29) is 42.9 Å². The maximum absolute atomic E-state index is 13.3. The molecule has 0 radical (unpaired) electrons. The zero-order valence-corrected chi connectivity index (χ0v) is 42.5. The van der Waals surface area contributed by atoms with Crippen molar-refractivity contribution in [3.63, 3.8) is 0 Å². The number of carbonyl (C=O) groups excluding carboxylic acids is 2. The normalized spacial score (nSPS) is 14.2. The Balaban J connectivity index is 4.51. The monoisotopic (exact) mass is 915 g/mol. The molecule has 0 fully saturated rings. The summed E-state index contributed by atoms with van der Waals surface area (Å²) < 4.78 is 30.0. The fourth-order valence-electron chi connectivity index (χ4n) is 7.69. The van der Waals surface area contributed by atoms with Crippen LogP contribution in [0.1, 0.15) is 245 Å². The van der Waals surface area contributed by atoms with Gasteiger partial charge in [-0.25, -0.2) is 0 Å². The van der Waals surface area contributed by atoms with Gasteiger partial charge in [0, 0.05) is 19.3 Å². The van der Waals surface area contributed by atoms with Gasteiger partial charge in [-0.15, -0.1) is 0 Å². The standard InChI is InChI=1S/C52H100NO9P/c1-6-8-10-12-14-16-18-20-22-23-24-25-26-27-29-31-33-35-37-39-41-43-52(57)62-49(47-61-63(58,59)48(3)53(4,5)45-44-50(54)55)46-60-51(56)42-40-38-36-34-32-30-28-21-19-17-15-13-11-9-7-2/h14,16,33,35,48-50,54-55H,6-13,15,17-32,34,36-47H2,1-5H3/p+1/b16-14-,35-33-/t48?,49-/m1/s1. The zero-order valence-electron chi connectivity index (χ0n) is 41.6. The minimum Gasteiger partial charge on any atom is -0.462 e. The third-order valence-electron chi connectivity index (χ3n) is 12.4. The lowest BCUT2D eigenvalue weighted by Crippen LogP contribution is -2.49. The van der Waals surface area contributed by atoms with Gasteiger partial charge in [-0.2, -0.15) is 0 Å². The molecule has 0 saturated heterocycles. The molecule has 0 aromatic carbocycles. The SMILES string of the molecule is CCCCC/C=C\CCCCCCCCCC/C=C\CCCCC(=O)O[C@H](COC(=O)CCCCCCCCCCCCCCCCC)COP(=O)(O)C(C)[N+](C)(C)CCC(O)O. The molecule has 0 aromatic heterocycles. The van der Waals surface area contributed by atoms with Crippen molar-refractivity contribution in [3.05, 3.63) is 24.3 Å². The highest BCUT2D eigenvalue weighted by molar-refractivity contribution is 7.53. The molecule has 10 nitrogen and oxygen atoms in total. The molecule has 11 heteroatoms. The van der Waals surface area contributed by atoms with E-state index in [2.05, 4.69) is 38.2 Å². The van der Waals surface area contributed by atoms with Crippen molar-refractivity contribution in [2.45, 2.75) is 264 Å². The quantitative estimate of drug-likeness (QED) is 0.0136. The van der Waals surface area contributed by atoms with Crippen LogP contribution in [-0.2, 0) is 28.2 Å². The van der Waals surface area contributed by atoms with Crippen LogP contribution in [0.5, 0.6) is 0 Å². The first kappa shape index (κ1) is 61.5. The van der Waals surface area contributed by atoms with E-state index in [9.17, 15) is 29.3 Å². The zero-order chi connectivity index (χ0) is 46.7. The number of hydrogen-bond donors (Lipinski definition) is 3. The Morgan fingerprint density at radius 3 is 1.33 bits per heavy atom. The van der Waals surface area contributed by atoms with Crippen LogP contribution >= 0.6 is 7.60 Å². The van der Waals surface area contributed by atoms with Gasteiger partial charge in [0.15, 0.2) is 18.2 Å². The second-order valence-electron chi connectivity index (χ2n) is 18.8. The van der Waals surface area contributed by atoms with Crippen LogP contribution in [0.3, 0.4) is 0 Å². The lowest BCUT2D eigenvalue weighted by molar-refractivity contribution is -0.901. The molecule has 0 bridgehead atoms. The third kappa shape index (κ3) is 40.5. The molecule has 0 aromatic rings. The Hall–Kier alpha value is -1.55. The average molecular weight is 915 g/mol. The molecular weight excluding hydrogens is 814 g/mol. The molecule has 0 amide bonds. The summed E-state index contributed by atoms with van der Waals surface area (Å²) in [5.74, 6) is -1.75. The van der Waals surface area contributed by atoms with Crippen molar-refractivity contribution >= 4 is 19.5 Å². The molecule has 0 rings (SSSR count). The molecule has 0 aliphatic rings. The Labute approximate surface area is 387 Å². The predicted molar refractivity (Wildman–Crippen MR) is 263 cm³/mol. The molecule has 2 unspecified atom stereocenters. The Bertz CT molecular complexity index is 1160. The Morgan fingerprint density at radius 1 is 0.540 bits per heavy atom. The van der Waals surface area contributed by atoms with Crippen LogP contribution in [0, 0.1) is 0 Å². The average Bonchev–Trinajstić information content (AvgIpc) is 3.25. The first-order valence-electron chi connectivity index (χ1n) is 26.2. The molecular formula is C52H101NO9P+. The van der Waals surface area contributed by atoms with Crippen LogP contribution in [0.15, 0.2) is 24.3 Å². The number of quaternary nitrogens is 1. The number of aliphatic hydroxyl groups is 2. The van der Waals surface area contributed by atoms with Crippen LogP contribution in [0.2, 0.25) is 0 Å². The molecule has 0 spiro atoms. The third-order valence-corrected chi connectivity index (χ3v) is 14.5. The number of hydrogen-bond acceptors (Lipinski definition) is 8. The van der Waals surface area contributed by atoms with Crippen molar-refractivity contribution in [1.82, 2.24) is 0 Å². The van der Waals surface area contributed by atoms with Crippen LogP contribution < -0.4 is 0 Å². The summed E-state index contributed by atoms with van der Waals surface area (Å²) in [6.07, 6.45) is 46.0. The van der Waals surface area contributed by atoms with Crippen LogP contribution in [0.25, 0.3) is 0 Å². The summed E-state index contributed by atoms with van der Waals surface area (Å²) in [5.41, 5.74) is 0. The van der Waals surface area contributed by atoms with E-state index in [4.69, 9.17) is 14.0 Å². The second-order valence-corrected chi connectivity index (χ2v) is 21.0. The number of unbranched alkanes of at least 4 members (excludes halogenated alkanes) is 28. The molecule has 0 saturated carbocycles. The summed E-state index contributed by atoms with van der Waals surface area (Å²) in [6.45, 7) is 5.64. The second kappa shape index (κ2) is 43.0. The van der Waals surface area contributed by atoms with Crippen molar-refractivity contribution in [3.8, 4) is 0 Å². The summed E-state index contributed by atoms with van der Waals surface area (Å²) in [7, 11) is -0.820. The Morgan fingerprint density at radius 2 is 0.889 bits per heavy atom. The van der Waals surface area contributed by atoms with E-state index in [0.29, 0.717) is 6.42 Å². The Kier molecular flexibility index (Phi) is 42.0. The number of ether oxygens (including phenoxy) is 2. The molecule has 0 aliphatic heterocycles. The lowest BCUT2D eigenvalue weighted by Gasteiger charge is -2.37. The largest absolute Gasteiger partial charge is 0.462 e. The van der Waals surface area contributed by atoms with Crippen LogP contribution in [-0.4, -0.2) is 83.6 Å². The molecule has 0 heterocycles. The van der Waals surface area contributed by atoms with Gasteiger partial charge in [-0.05, 0) is 71.1 Å². The fourth-order valence-corrected chi connectivity index (χ4v) is 9.19. The number of esters is 2. The number of allylic oxidation sites excluding steroid dienone is 4. The van der Waals surface area contributed by atoms with Gasteiger partial charge in [0.05, 0.1) is 27.2 Å². The number of carbonyl (C=O) groups is 2. The van der Waals surface area contributed by atoms with Gasteiger partial charge >= 0.3 is 19.5 Å². The van der Waals surface area contributed by atoms with Crippen molar-refractivity contribution in [2.24, 2.45) is 0 Å². The van der Waals surface area contributed by atoms with E-state index in [0.717, 1.165) is 38.5 Å². The fraction of sp³-hybridized carbons (Fsp3) is 0.885. The van der Waals surface area contributed by atoms with E-state index in [1.54, 1.807) is 21.0 Å². The number of aliphatic hydroxyl groups excluding tert-OH is 1. The van der Waals surface area contributed by atoms with Crippen molar-refractivity contribution in [1.29, 1.82) is 0 Å². The maximum atomic E-state index is 13.3. The van der Waals surface area contributed by atoms with Gasteiger partial charge in [0.2, 0.25) is 0 Å². The predicted octanol–water partition coefficient (Wildman–Crippen LogP) is 14.2. The summed E-state index contributed by atoms with van der Waals surface area (Å²) >= 11 is 0. The van der Waals surface area contributed by atoms with E-state index >= 15 is 0 Å². The molecule has 63 heavy (non-hydrogen) atoms. The maximum Gasteiger partial charge on any atom is 0.384 e. The van der Waals surface area contributed by atoms with Gasteiger partial charge < -0.3 is 33.6 Å². The lowest BCUT2D eigenvalue weighted by atomic mass is 10.0. The minimum atomic E-state index is -4.25. The van der Waals surface area contributed by atoms with Gasteiger partial charge in [0.25, 0.3) is 0 Å². The van der Waals surface area contributed by atoms with Gasteiger partial charge in [-0.3, -0.25) is 14.2 Å². The molecule has 3 atom stereocenters. The molecule has 0 aliphatic carbocycles. The summed E-state index contributed by atoms with van der Waals surface area (Å²) in [6, 6.07) is 0. The van der Waals surface area contributed by atoms with Gasteiger partial charge in [0.1, 0.15) is 6.61 Å². The van der Waals surface area contributed by atoms with Crippen molar-refractivity contribution < 1.29 is 47.7 Å². The highest BCUT2D eigenvalue weighted by atomic mass is 31.2. The number of nitrogens with zero attached hydrogens (tertiary/aromatic N) is 1. The van der Waals surface area contributed by atoms with Crippen LogP contribution in [0.4, 0.5) is 0 Å². The van der Waals surface area contributed by atoms with Gasteiger partial charge in [-0.1, -0.05) is 179 Å². The van der Waals surface area contributed by atoms with E-state index in [1.807, 2.05) is 0 Å². The molecule has 3 N–H and O–H groups in total. The van der Waals surface area contributed by atoms with E-state index < -0.39 is 38.3 Å². The van der Waals surface area contributed by atoms with Crippen molar-refractivity contribution in [2.75, 3.05) is 33.9 Å². The minimum absolute atomic E-state index is 0.0104. The number of rotatable bonds is 47.